The van der Waals surface area contributed by atoms with Crippen molar-refractivity contribution in [1.29, 1.82) is 0 Å². The van der Waals surface area contributed by atoms with E-state index in [9.17, 15) is 9.59 Å². The molecule has 0 aliphatic rings. The Morgan fingerprint density at radius 1 is 1.40 bits per heavy atom. The van der Waals surface area contributed by atoms with Crippen molar-refractivity contribution in [3.05, 3.63) is 22.8 Å². The smallest absolute Gasteiger partial charge is 0.252 e. The lowest BCUT2D eigenvalue weighted by atomic mass is 10.2. The molecule has 2 amide bonds. The average molecular weight is 299 g/mol. The summed E-state index contributed by atoms with van der Waals surface area (Å²) < 4.78 is 0. The van der Waals surface area contributed by atoms with Crippen LogP contribution in [0.4, 0.5) is 5.82 Å². The Bertz CT molecular complexity index is 491. The van der Waals surface area contributed by atoms with E-state index in [0.29, 0.717) is 16.4 Å². The molecule has 0 saturated heterocycles. The van der Waals surface area contributed by atoms with E-state index in [0.717, 1.165) is 0 Å². The third kappa shape index (κ3) is 5.05. The van der Waals surface area contributed by atoms with Crippen LogP contribution in [0.5, 0.6) is 0 Å². The summed E-state index contributed by atoms with van der Waals surface area (Å²) in [5, 5.41) is 8.58. The molecule has 1 aromatic heterocycles. The van der Waals surface area contributed by atoms with Crippen molar-refractivity contribution in [2.75, 3.05) is 18.9 Å². The summed E-state index contributed by atoms with van der Waals surface area (Å²) in [7, 11) is 1.70. The topological polar surface area (TPSA) is 83.1 Å². The number of pyridine rings is 1. The lowest BCUT2D eigenvalue weighted by Crippen LogP contribution is -2.34. The molecule has 0 radical (unpaired) electrons. The number of hydrogen-bond acceptors (Lipinski definition) is 4. The number of hydrogen-bond donors (Lipinski definition) is 3. The van der Waals surface area contributed by atoms with Gasteiger partial charge in [0.25, 0.3) is 5.91 Å². The summed E-state index contributed by atoms with van der Waals surface area (Å²) in [6.07, 6.45) is 1.67. The largest absolute Gasteiger partial charge is 0.372 e. The van der Waals surface area contributed by atoms with Crippen molar-refractivity contribution in [2.24, 2.45) is 0 Å². The number of anilines is 1. The van der Waals surface area contributed by atoms with Crippen molar-refractivity contribution in [2.45, 2.75) is 26.3 Å². The van der Waals surface area contributed by atoms with Gasteiger partial charge in [-0.05, 0) is 19.9 Å². The molecule has 7 heteroatoms. The molecule has 1 rings (SSSR count). The fourth-order valence-corrected chi connectivity index (χ4v) is 1.79. The van der Waals surface area contributed by atoms with Gasteiger partial charge in [-0.2, -0.15) is 0 Å². The maximum Gasteiger partial charge on any atom is 0.252 e. The van der Waals surface area contributed by atoms with Crippen molar-refractivity contribution >= 4 is 29.2 Å². The Morgan fingerprint density at radius 2 is 2.10 bits per heavy atom. The molecular formula is C13H19ClN4O2. The number of nitrogens with one attached hydrogen (secondary N) is 3. The zero-order chi connectivity index (χ0) is 15.1. The van der Waals surface area contributed by atoms with Gasteiger partial charge in [-0.15, -0.1) is 0 Å². The van der Waals surface area contributed by atoms with E-state index in [2.05, 4.69) is 20.9 Å². The molecule has 3 N–H and O–H groups in total. The summed E-state index contributed by atoms with van der Waals surface area (Å²) in [4.78, 5) is 27.3. The van der Waals surface area contributed by atoms with Crippen LogP contribution in [0.3, 0.4) is 0 Å². The lowest BCUT2D eigenvalue weighted by molar-refractivity contribution is -0.121. The third-order valence-electron chi connectivity index (χ3n) is 2.43. The Kier molecular flexibility index (Phi) is 6.24. The fraction of sp³-hybridized carbons (Fsp3) is 0.462. The van der Waals surface area contributed by atoms with Crippen molar-refractivity contribution in [3.63, 3.8) is 0 Å². The first-order chi connectivity index (χ1) is 9.43. The van der Waals surface area contributed by atoms with E-state index < -0.39 is 0 Å². The normalized spacial score (nSPS) is 10.2. The molecule has 0 aliphatic heterocycles. The van der Waals surface area contributed by atoms with E-state index in [1.165, 1.54) is 12.3 Å². The highest BCUT2D eigenvalue weighted by Crippen LogP contribution is 2.19. The summed E-state index contributed by atoms with van der Waals surface area (Å²) in [5.41, 5.74) is 0.360. The van der Waals surface area contributed by atoms with Gasteiger partial charge in [0.2, 0.25) is 5.91 Å². The van der Waals surface area contributed by atoms with Crippen LogP contribution >= 0.6 is 11.6 Å². The van der Waals surface area contributed by atoms with E-state index in [-0.39, 0.29) is 30.8 Å². The molecule has 6 nitrogen and oxygen atoms in total. The third-order valence-corrected chi connectivity index (χ3v) is 2.72. The highest BCUT2D eigenvalue weighted by molar-refractivity contribution is 6.33. The quantitative estimate of drug-likeness (QED) is 0.742. The van der Waals surface area contributed by atoms with Crippen molar-refractivity contribution < 1.29 is 9.59 Å². The molecule has 0 aromatic carbocycles. The first-order valence-electron chi connectivity index (χ1n) is 6.35. The summed E-state index contributed by atoms with van der Waals surface area (Å²) in [5.74, 6) is 0.112. The van der Waals surface area contributed by atoms with Gasteiger partial charge in [0.05, 0.1) is 10.6 Å². The Labute approximate surface area is 123 Å². The highest BCUT2D eigenvalue weighted by Gasteiger charge is 2.10. The first-order valence-corrected chi connectivity index (χ1v) is 6.72. The maximum atomic E-state index is 11.8. The van der Waals surface area contributed by atoms with Gasteiger partial charge in [-0.3, -0.25) is 9.59 Å². The summed E-state index contributed by atoms with van der Waals surface area (Å²) >= 11 is 5.95. The van der Waals surface area contributed by atoms with Crippen LogP contribution in [0.15, 0.2) is 12.3 Å². The van der Waals surface area contributed by atoms with Crippen LogP contribution in [0.2, 0.25) is 5.02 Å². The van der Waals surface area contributed by atoms with Gasteiger partial charge in [-0.25, -0.2) is 4.98 Å². The van der Waals surface area contributed by atoms with E-state index in [1.807, 2.05) is 13.8 Å². The van der Waals surface area contributed by atoms with Gasteiger partial charge >= 0.3 is 0 Å². The highest BCUT2D eigenvalue weighted by atomic mass is 35.5. The predicted octanol–water partition coefficient (Wildman–Crippen LogP) is 1.42. The number of rotatable bonds is 6. The number of aromatic nitrogens is 1. The van der Waals surface area contributed by atoms with Gasteiger partial charge in [-0.1, -0.05) is 11.6 Å². The maximum absolute atomic E-state index is 11.8. The Balaban J connectivity index is 2.47. The predicted molar refractivity (Wildman–Crippen MR) is 79.0 cm³/mol. The van der Waals surface area contributed by atoms with Gasteiger partial charge < -0.3 is 16.0 Å². The summed E-state index contributed by atoms with van der Waals surface area (Å²) in [6, 6.07) is 1.62. The second kappa shape index (κ2) is 7.69. The van der Waals surface area contributed by atoms with Crippen LogP contribution in [0, 0.1) is 0 Å². The van der Waals surface area contributed by atoms with Crippen molar-refractivity contribution in [3.8, 4) is 0 Å². The molecule has 1 heterocycles. The van der Waals surface area contributed by atoms with Gasteiger partial charge in [0.15, 0.2) is 0 Å². The second-order valence-electron chi connectivity index (χ2n) is 4.53. The second-order valence-corrected chi connectivity index (χ2v) is 4.94. The Morgan fingerprint density at radius 3 is 2.65 bits per heavy atom. The molecule has 110 valence electrons. The molecule has 0 spiro atoms. The van der Waals surface area contributed by atoms with Crippen LogP contribution in [-0.4, -0.2) is 36.4 Å². The zero-order valence-electron chi connectivity index (χ0n) is 11.8. The van der Waals surface area contributed by atoms with Crippen LogP contribution in [-0.2, 0) is 4.79 Å². The molecule has 0 fully saturated rings. The van der Waals surface area contributed by atoms with Crippen LogP contribution in [0.1, 0.15) is 30.6 Å². The SMILES string of the molecule is CNc1ncc(C(=O)NCCC(=O)NC(C)C)cc1Cl. The van der Waals surface area contributed by atoms with Gasteiger partial charge in [0.1, 0.15) is 5.82 Å². The molecule has 0 aliphatic carbocycles. The lowest BCUT2D eigenvalue weighted by Gasteiger charge is -2.09. The zero-order valence-corrected chi connectivity index (χ0v) is 12.5. The van der Waals surface area contributed by atoms with E-state index in [4.69, 9.17) is 11.6 Å². The summed E-state index contributed by atoms with van der Waals surface area (Å²) in [6.45, 7) is 4.03. The molecule has 0 saturated carbocycles. The number of amides is 2. The molecule has 0 unspecified atom stereocenters. The molecule has 0 atom stereocenters. The van der Waals surface area contributed by atoms with Crippen LogP contribution in [0.25, 0.3) is 0 Å². The van der Waals surface area contributed by atoms with Gasteiger partial charge in [0, 0.05) is 32.3 Å². The molecule has 20 heavy (non-hydrogen) atoms. The molecule has 1 aromatic rings. The minimum absolute atomic E-state index is 0.0929. The fourth-order valence-electron chi connectivity index (χ4n) is 1.53. The minimum atomic E-state index is -0.306. The number of nitrogens with zero attached hydrogens (tertiary/aromatic N) is 1. The number of halogens is 1. The monoisotopic (exact) mass is 298 g/mol. The van der Waals surface area contributed by atoms with E-state index in [1.54, 1.807) is 7.05 Å². The standard InChI is InChI=1S/C13H19ClN4O2/c1-8(2)18-11(19)4-5-16-13(20)9-6-10(14)12(15-3)17-7-9/h6-8H,4-5H2,1-3H3,(H,15,17)(H,16,20)(H,18,19). The number of carbonyl (C=O) groups excluding carboxylic acids is 2. The molecular weight excluding hydrogens is 280 g/mol. The number of carbonyl (C=O) groups is 2. The van der Waals surface area contributed by atoms with E-state index >= 15 is 0 Å². The van der Waals surface area contributed by atoms with Crippen molar-refractivity contribution in [1.82, 2.24) is 15.6 Å². The Hall–Kier alpha value is -1.82. The average Bonchev–Trinajstić information content (AvgIpc) is 2.37. The first kappa shape index (κ1) is 16.2. The minimum Gasteiger partial charge on any atom is -0.372 e. The van der Waals surface area contributed by atoms with Crippen LogP contribution < -0.4 is 16.0 Å². The molecule has 0 bridgehead atoms.